The van der Waals surface area contributed by atoms with Crippen molar-refractivity contribution in [2.75, 3.05) is 14.2 Å². The van der Waals surface area contributed by atoms with Gasteiger partial charge in [0.25, 0.3) is 0 Å². The average molecular weight is 301 g/mol. The van der Waals surface area contributed by atoms with Crippen LogP contribution in [0.5, 0.6) is 17.2 Å². The molecule has 2 rings (SSSR count). The van der Waals surface area contributed by atoms with E-state index in [2.05, 4.69) is 0 Å². The molecule has 1 amide bonds. The van der Waals surface area contributed by atoms with Crippen molar-refractivity contribution in [2.24, 2.45) is 5.73 Å². The van der Waals surface area contributed by atoms with Gasteiger partial charge in [-0.3, -0.25) is 4.79 Å². The van der Waals surface area contributed by atoms with Crippen LogP contribution in [-0.4, -0.2) is 25.2 Å². The number of benzene rings is 2. The van der Waals surface area contributed by atoms with E-state index in [9.17, 15) is 9.90 Å². The van der Waals surface area contributed by atoms with Gasteiger partial charge in [0.15, 0.2) is 11.5 Å². The maximum atomic E-state index is 11.4. The minimum atomic E-state index is -0.434. The lowest BCUT2D eigenvalue weighted by atomic mass is 9.99. The molecule has 0 atom stereocenters. The summed E-state index contributed by atoms with van der Waals surface area (Å²) < 4.78 is 10.3. The Labute approximate surface area is 129 Å². The third-order valence-electron chi connectivity index (χ3n) is 3.51. The Morgan fingerprint density at radius 1 is 1.09 bits per heavy atom. The zero-order valence-corrected chi connectivity index (χ0v) is 12.6. The maximum Gasteiger partial charge on any atom is 0.248 e. The molecule has 0 saturated heterocycles. The van der Waals surface area contributed by atoms with Crippen LogP contribution in [0.4, 0.5) is 0 Å². The number of methoxy groups -OCH3 is 2. The molecule has 5 heteroatoms. The minimum Gasteiger partial charge on any atom is -0.502 e. The molecule has 0 aliphatic heterocycles. The Balaban J connectivity index is 2.24. The third-order valence-corrected chi connectivity index (χ3v) is 3.51. The van der Waals surface area contributed by atoms with Gasteiger partial charge in [-0.25, -0.2) is 0 Å². The van der Waals surface area contributed by atoms with Gasteiger partial charge in [0.2, 0.25) is 11.7 Å². The molecule has 5 nitrogen and oxygen atoms in total. The number of phenolic OH excluding ortho intramolecular Hbond substituents is 1. The number of nitrogens with two attached hydrogens (primary N) is 1. The number of primary amides is 1. The highest BCUT2D eigenvalue weighted by atomic mass is 16.5. The van der Waals surface area contributed by atoms with Crippen LogP contribution in [0, 0.1) is 0 Å². The zero-order chi connectivity index (χ0) is 16.1. The molecule has 0 unspecified atom stereocenters. The lowest BCUT2D eigenvalue weighted by Crippen LogP contribution is -2.14. The second-order valence-corrected chi connectivity index (χ2v) is 4.87. The molecule has 0 fully saturated rings. The highest BCUT2D eigenvalue weighted by Crippen LogP contribution is 2.37. The monoisotopic (exact) mass is 301 g/mol. The smallest absolute Gasteiger partial charge is 0.248 e. The fourth-order valence-electron chi connectivity index (χ4n) is 2.35. The highest BCUT2D eigenvalue weighted by molar-refractivity contribution is 5.94. The van der Waals surface area contributed by atoms with Crippen molar-refractivity contribution in [3.05, 3.63) is 53.1 Å². The number of rotatable bonds is 6. The van der Waals surface area contributed by atoms with Gasteiger partial charge in [-0.1, -0.05) is 18.2 Å². The summed E-state index contributed by atoms with van der Waals surface area (Å²) in [6.07, 6.45) is 1.31. The van der Waals surface area contributed by atoms with Crippen molar-refractivity contribution in [1.82, 2.24) is 0 Å². The van der Waals surface area contributed by atoms with Gasteiger partial charge in [0.05, 0.1) is 14.2 Å². The van der Waals surface area contributed by atoms with Crippen LogP contribution >= 0.6 is 0 Å². The summed E-state index contributed by atoms with van der Waals surface area (Å²) in [7, 11) is 2.97. The molecule has 22 heavy (non-hydrogen) atoms. The first-order valence-corrected chi connectivity index (χ1v) is 6.88. The van der Waals surface area contributed by atoms with Gasteiger partial charge < -0.3 is 20.3 Å². The van der Waals surface area contributed by atoms with Crippen molar-refractivity contribution >= 4 is 5.91 Å². The molecule has 3 N–H and O–H groups in total. The SMILES string of the molecule is COc1cc(CCc2ccccc2C(N)=O)cc(OC)c1O. The van der Waals surface area contributed by atoms with Crippen molar-refractivity contribution in [1.29, 1.82) is 0 Å². The number of ether oxygens (including phenoxy) is 2. The van der Waals surface area contributed by atoms with E-state index in [4.69, 9.17) is 15.2 Å². The molecular weight excluding hydrogens is 282 g/mol. The van der Waals surface area contributed by atoms with Crippen molar-refractivity contribution in [2.45, 2.75) is 12.8 Å². The summed E-state index contributed by atoms with van der Waals surface area (Å²) in [6, 6.07) is 10.8. The molecule has 0 saturated carbocycles. The predicted octanol–water partition coefficient (Wildman–Crippen LogP) is 2.29. The first-order valence-electron chi connectivity index (χ1n) is 6.88. The molecule has 0 heterocycles. The predicted molar refractivity (Wildman–Crippen MR) is 83.6 cm³/mol. The van der Waals surface area contributed by atoms with Crippen molar-refractivity contribution < 1.29 is 19.4 Å². The fourth-order valence-corrected chi connectivity index (χ4v) is 2.35. The molecule has 2 aromatic carbocycles. The molecule has 0 spiro atoms. The average Bonchev–Trinajstić information content (AvgIpc) is 2.53. The second-order valence-electron chi connectivity index (χ2n) is 4.87. The van der Waals surface area contributed by atoms with Crippen molar-refractivity contribution in [3.63, 3.8) is 0 Å². The van der Waals surface area contributed by atoms with Crippen LogP contribution in [0.15, 0.2) is 36.4 Å². The lowest BCUT2D eigenvalue weighted by Gasteiger charge is -2.12. The largest absolute Gasteiger partial charge is 0.502 e. The van der Waals surface area contributed by atoms with Crippen LogP contribution in [0.2, 0.25) is 0 Å². The Morgan fingerprint density at radius 2 is 1.68 bits per heavy atom. The van der Waals surface area contributed by atoms with E-state index in [-0.39, 0.29) is 5.75 Å². The summed E-state index contributed by atoms with van der Waals surface area (Å²) in [5.41, 5.74) is 7.74. The van der Waals surface area contributed by atoms with E-state index >= 15 is 0 Å². The maximum absolute atomic E-state index is 11.4. The Bertz CT molecular complexity index is 657. The number of aromatic hydroxyl groups is 1. The van der Waals surface area contributed by atoms with Crippen LogP contribution in [0.1, 0.15) is 21.5 Å². The minimum absolute atomic E-state index is 0.0220. The topological polar surface area (TPSA) is 81.8 Å². The van der Waals surface area contributed by atoms with E-state index in [1.807, 2.05) is 12.1 Å². The van der Waals surface area contributed by atoms with E-state index < -0.39 is 5.91 Å². The summed E-state index contributed by atoms with van der Waals surface area (Å²) in [5.74, 6) is 0.262. The Kier molecular flexibility index (Phi) is 4.88. The molecule has 0 aliphatic carbocycles. The first-order chi connectivity index (χ1) is 10.6. The highest BCUT2D eigenvalue weighted by Gasteiger charge is 2.12. The summed E-state index contributed by atoms with van der Waals surface area (Å²) in [4.78, 5) is 11.4. The quantitative estimate of drug-likeness (QED) is 0.857. The Hall–Kier alpha value is -2.69. The van der Waals surface area contributed by atoms with Gasteiger partial charge in [-0.15, -0.1) is 0 Å². The number of hydrogen-bond acceptors (Lipinski definition) is 4. The Morgan fingerprint density at radius 3 is 2.23 bits per heavy atom. The van der Waals surface area contributed by atoms with Crippen LogP contribution in [0.25, 0.3) is 0 Å². The van der Waals surface area contributed by atoms with Crippen LogP contribution in [0.3, 0.4) is 0 Å². The van der Waals surface area contributed by atoms with E-state index in [1.54, 1.807) is 24.3 Å². The molecule has 0 aliphatic rings. The molecule has 116 valence electrons. The molecular formula is C17H19NO4. The molecule has 2 aromatic rings. The molecule has 0 aromatic heterocycles. The van der Waals surface area contributed by atoms with Crippen LogP contribution in [-0.2, 0) is 12.8 Å². The number of hydrogen-bond donors (Lipinski definition) is 2. The van der Waals surface area contributed by atoms with E-state index in [0.29, 0.717) is 29.9 Å². The number of phenols is 1. The van der Waals surface area contributed by atoms with E-state index in [1.165, 1.54) is 14.2 Å². The lowest BCUT2D eigenvalue weighted by molar-refractivity contribution is 0.0999. The number of aryl methyl sites for hydroxylation is 2. The number of carbonyl (C=O) groups is 1. The number of amides is 1. The summed E-state index contributed by atoms with van der Waals surface area (Å²) >= 11 is 0. The van der Waals surface area contributed by atoms with Gasteiger partial charge >= 0.3 is 0 Å². The first kappa shape index (κ1) is 15.7. The number of carbonyl (C=O) groups excluding carboxylic acids is 1. The fraction of sp³-hybridized carbons (Fsp3) is 0.235. The van der Waals surface area contributed by atoms with Gasteiger partial charge in [-0.05, 0) is 42.2 Å². The normalized spacial score (nSPS) is 10.3. The standard InChI is InChI=1S/C17H19NO4/c1-21-14-9-11(10-15(22-2)16(14)19)7-8-12-5-3-4-6-13(12)17(18)20/h3-6,9-10,19H,7-8H2,1-2H3,(H2,18,20). The molecule has 0 radical (unpaired) electrons. The van der Waals surface area contributed by atoms with E-state index in [0.717, 1.165) is 11.1 Å². The van der Waals surface area contributed by atoms with Gasteiger partial charge in [0, 0.05) is 5.56 Å². The second kappa shape index (κ2) is 6.85. The van der Waals surface area contributed by atoms with Gasteiger partial charge in [0.1, 0.15) is 0 Å². The van der Waals surface area contributed by atoms with Crippen molar-refractivity contribution in [3.8, 4) is 17.2 Å². The zero-order valence-electron chi connectivity index (χ0n) is 12.6. The summed E-state index contributed by atoms with van der Waals surface area (Å²) in [6.45, 7) is 0. The van der Waals surface area contributed by atoms with Crippen LogP contribution < -0.4 is 15.2 Å². The summed E-state index contributed by atoms with van der Waals surface area (Å²) in [5, 5.41) is 9.90. The third kappa shape index (κ3) is 3.31. The molecule has 0 bridgehead atoms. The van der Waals surface area contributed by atoms with Gasteiger partial charge in [-0.2, -0.15) is 0 Å².